The van der Waals surface area contributed by atoms with Crippen LogP contribution in [-0.4, -0.2) is 99.6 Å². The second-order valence-corrected chi connectivity index (χ2v) is 24.6. The maximum atomic E-state index is 13.5. The first-order valence-corrected chi connectivity index (χ1v) is 36.0. The number of amides is 1. The molecule has 1 aliphatic rings. The number of hydrogen-bond acceptors (Lipinski definition) is 10. The van der Waals surface area contributed by atoms with Crippen LogP contribution in [0.4, 0.5) is 0 Å². The Hall–Kier alpha value is -3.42. The van der Waals surface area contributed by atoms with Crippen LogP contribution in [0.1, 0.15) is 310 Å². The summed E-state index contributed by atoms with van der Waals surface area (Å²) in [6, 6.07) is -1.03. The van der Waals surface area contributed by atoms with Crippen LogP contribution in [0.15, 0.2) is 97.2 Å². The third kappa shape index (κ3) is 50.0. The van der Waals surface area contributed by atoms with Gasteiger partial charge in [-0.1, -0.05) is 298 Å². The van der Waals surface area contributed by atoms with Gasteiger partial charge in [0, 0.05) is 6.42 Å². The Morgan fingerprint density at radius 1 is 0.460 bits per heavy atom. The number of aliphatic hydroxyl groups excluding tert-OH is 5. The smallest absolute Gasteiger partial charge is 0.306 e. The summed E-state index contributed by atoms with van der Waals surface area (Å²) >= 11 is 0. The molecule has 0 aromatic carbocycles. The van der Waals surface area contributed by atoms with Crippen LogP contribution in [0, 0.1) is 0 Å². The standard InChI is InChI=1S/C76H133NO10/c1-4-7-10-13-16-19-22-24-26-28-30-32-34-36-37-39-41-43-45-48-51-54-57-60-63-69(80)75(84)77-67(68(79)62-59-56-53-50-47-21-18-15-12-9-6-3)66-85-76-74(73(83)72(82)70(65-78)86-76)87-71(81)64-61-58-55-52-49-46-44-42-40-38-35-33-31-29-27-25-23-20-17-14-11-8-5-2/h7,10,16-17,19-20,24-27,30,32,36-37,59,62,67-70,72-74,76,78-80,82-83H,4-6,8-9,11-15,18,21-23,28-29,31,33-35,38-58,60-61,63-66H2,1-3H3,(H,77,84)/b10-7-,19-16-,20-17-,26-24-,27-25-,32-30-,37-36-,62-59+. The summed E-state index contributed by atoms with van der Waals surface area (Å²) in [7, 11) is 0. The first-order chi connectivity index (χ1) is 42.7. The summed E-state index contributed by atoms with van der Waals surface area (Å²) in [5.74, 6) is -1.20. The summed E-state index contributed by atoms with van der Waals surface area (Å²) in [5, 5.41) is 57.2. The topological polar surface area (TPSA) is 175 Å². The van der Waals surface area contributed by atoms with Crippen molar-refractivity contribution in [2.75, 3.05) is 13.2 Å². The maximum Gasteiger partial charge on any atom is 0.306 e. The monoisotopic (exact) mass is 1220 g/mol. The van der Waals surface area contributed by atoms with Gasteiger partial charge in [-0.05, 0) is 103 Å². The van der Waals surface area contributed by atoms with Crippen molar-refractivity contribution in [3.63, 3.8) is 0 Å². The Kier molecular flexibility index (Phi) is 58.9. The molecule has 1 aliphatic heterocycles. The van der Waals surface area contributed by atoms with E-state index in [0.29, 0.717) is 12.8 Å². The lowest BCUT2D eigenvalue weighted by molar-refractivity contribution is -0.305. The molecule has 0 bridgehead atoms. The zero-order chi connectivity index (χ0) is 63.1. The molecule has 1 heterocycles. The minimum Gasteiger partial charge on any atom is -0.454 e. The van der Waals surface area contributed by atoms with Crippen LogP contribution in [0.25, 0.3) is 0 Å². The molecule has 8 atom stereocenters. The van der Waals surface area contributed by atoms with E-state index >= 15 is 0 Å². The first kappa shape index (κ1) is 81.6. The van der Waals surface area contributed by atoms with E-state index in [-0.39, 0.29) is 19.4 Å². The number of allylic oxidation sites excluding steroid dienone is 15. The Morgan fingerprint density at radius 3 is 1.26 bits per heavy atom. The van der Waals surface area contributed by atoms with Gasteiger partial charge in [0.1, 0.15) is 24.4 Å². The van der Waals surface area contributed by atoms with E-state index in [1.165, 1.54) is 161 Å². The van der Waals surface area contributed by atoms with Crippen LogP contribution in [0.3, 0.4) is 0 Å². The summed E-state index contributed by atoms with van der Waals surface area (Å²) in [4.78, 5) is 26.7. The van der Waals surface area contributed by atoms with Crippen molar-refractivity contribution in [3.05, 3.63) is 97.2 Å². The quantitative estimate of drug-likeness (QED) is 0.0195. The van der Waals surface area contributed by atoms with E-state index in [9.17, 15) is 35.1 Å². The van der Waals surface area contributed by atoms with Gasteiger partial charge in [-0.15, -0.1) is 0 Å². The van der Waals surface area contributed by atoms with Crippen molar-refractivity contribution < 1.29 is 49.3 Å². The molecule has 1 rings (SSSR count). The highest BCUT2D eigenvalue weighted by Gasteiger charge is 2.47. The number of carbonyl (C=O) groups excluding carboxylic acids is 2. The molecule has 6 N–H and O–H groups in total. The summed E-state index contributed by atoms with van der Waals surface area (Å²) < 4.78 is 17.7. The van der Waals surface area contributed by atoms with Crippen LogP contribution >= 0.6 is 0 Å². The van der Waals surface area contributed by atoms with Gasteiger partial charge >= 0.3 is 5.97 Å². The van der Waals surface area contributed by atoms with E-state index in [1.807, 2.05) is 6.08 Å². The van der Waals surface area contributed by atoms with Gasteiger partial charge < -0.3 is 45.1 Å². The second-order valence-electron chi connectivity index (χ2n) is 24.6. The van der Waals surface area contributed by atoms with Crippen molar-refractivity contribution in [1.29, 1.82) is 0 Å². The van der Waals surface area contributed by atoms with E-state index < -0.39 is 67.4 Å². The summed E-state index contributed by atoms with van der Waals surface area (Å²) in [6.07, 6.45) is 74.4. The third-order valence-corrected chi connectivity index (χ3v) is 16.5. The largest absolute Gasteiger partial charge is 0.454 e. The van der Waals surface area contributed by atoms with Crippen molar-refractivity contribution in [1.82, 2.24) is 5.32 Å². The molecule has 11 heteroatoms. The highest BCUT2D eigenvalue weighted by atomic mass is 16.7. The number of carbonyl (C=O) groups is 2. The normalized spacial score (nSPS) is 18.8. The van der Waals surface area contributed by atoms with Crippen LogP contribution < -0.4 is 5.32 Å². The van der Waals surface area contributed by atoms with Crippen molar-refractivity contribution >= 4 is 11.9 Å². The molecule has 87 heavy (non-hydrogen) atoms. The fourth-order valence-corrected chi connectivity index (χ4v) is 10.8. The number of hydrogen-bond donors (Lipinski definition) is 6. The molecule has 0 saturated carbocycles. The lowest BCUT2D eigenvalue weighted by Crippen LogP contribution is -2.61. The zero-order valence-electron chi connectivity index (χ0n) is 55.9. The highest BCUT2D eigenvalue weighted by Crippen LogP contribution is 2.26. The molecule has 502 valence electrons. The molecule has 0 aromatic heterocycles. The number of aliphatic hydroxyl groups is 5. The Labute approximate surface area is 533 Å². The van der Waals surface area contributed by atoms with Crippen LogP contribution in [0.2, 0.25) is 0 Å². The number of rotatable bonds is 61. The molecular formula is C76H133NO10. The SMILES string of the molecule is CC/C=C\C/C=C\C/C=C\C/C=C\C/C=C\CCCCCCCCCCC(O)C(=O)NC(COC1OC(CO)C(O)C(O)C1OC(=O)CCCCCCCCCCCCCCC/C=C\C/C=C\CCCCC)C(O)/C=C/CCCCCCCCCCC. The molecule has 8 unspecified atom stereocenters. The highest BCUT2D eigenvalue weighted by molar-refractivity contribution is 5.80. The van der Waals surface area contributed by atoms with Gasteiger partial charge in [0.15, 0.2) is 12.4 Å². The third-order valence-electron chi connectivity index (χ3n) is 16.5. The predicted molar refractivity (Wildman–Crippen MR) is 365 cm³/mol. The summed E-state index contributed by atoms with van der Waals surface area (Å²) in [6.45, 7) is 5.67. The Balaban J connectivity index is 2.55. The van der Waals surface area contributed by atoms with Crippen LogP contribution in [-0.2, 0) is 23.8 Å². The fraction of sp³-hybridized carbons (Fsp3) is 0.763. The fourth-order valence-electron chi connectivity index (χ4n) is 10.8. The molecule has 0 aliphatic carbocycles. The number of nitrogens with one attached hydrogen (secondary N) is 1. The van der Waals surface area contributed by atoms with Crippen molar-refractivity contribution in [3.8, 4) is 0 Å². The zero-order valence-corrected chi connectivity index (χ0v) is 55.9. The minimum absolute atomic E-state index is 0.119. The molecule has 1 amide bonds. The number of ether oxygens (including phenoxy) is 3. The van der Waals surface area contributed by atoms with Crippen molar-refractivity contribution in [2.24, 2.45) is 0 Å². The Bertz CT molecular complexity index is 1790. The molecular weight excluding hydrogens is 1090 g/mol. The average Bonchev–Trinajstić information content (AvgIpc) is 1.30. The van der Waals surface area contributed by atoms with Gasteiger partial charge in [-0.25, -0.2) is 0 Å². The molecule has 11 nitrogen and oxygen atoms in total. The van der Waals surface area contributed by atoms with Gasteiger partial charge in [0.05, 0.1) is 25.4 Å². The molecule has 1 fully saturated rings. The first-order valence-electron chi connectivity index (χ1n) is 36.0. The average molecular weight is 1220 g/mol. The van der Waals surface area contributed by atoms with Gasteiger partial charge in [-0.3, -0.25) is 9.59 Å². The lowest BCUT2D eigenvalue weighted by Gasteiger charge is -2.41. The molecule has 0 spiro atoms. The lowest BCUT2D eigenvalue weighted by atomic mass is 9.99. The van der Waals surface area contributed by atoms with Gasteiger partial charge in [0.25, 0.3) is 0 Å². The number of esters is 1. The van der Waals surface area contributed by atoms with Gasteiger partial charge in [-0.2, -0.15) is 0 Å². The summed E-state index contributed by atoms with van der Waals surface area (Å²) in [5.41, 5.74) is 0. The van der Waals surface area contributed by atoms with Gasteiger partial charge in [0.2, 0.25) is 5.91 Å². The second kappa shape index (κ2) is 62.8. The predicted octanol–water partition coefficient (Wildman–Crippen LogP) is 18.6. The maximum absolute atomic E-state index is 13.5. The van der Waals surface area contributed by atoms with E-state index in [1.54, 1.807) is 6.08 Å². The van der Waals surface area contributed by atoms with Crippen molar-refractivity contribution in [2.45, 2.75) is 359 Å². The van der Waals surface area contributed by atoms with Crippen LogP contribution in [0.5, 0.6) is 0 Å². The van der Waals surface area contributed by atoms with E-state index in [4.69, 9.17) is 14.2 Å². The Morgan fingerprint density at radius 2 is 0.828 bits per heavy atom. The van der Waals surface area contributed by atoms with E-state index in [2.05, 4.69) is 111 Å². The van der Waals surface area contributed by atoms with E-state index in [0.717, 1.165) is 103 Å². The minimum atomic E-state index is -1.62. The molecule has 0 radical (unpaired) electrons. The number of unbranched alkanes of at least 4 members (excludes halogenated alkanes) is 33. The molecule has 1 saturated heterocycles. The molecule has 0 aromatic rings.